The van der Waals surface area contributed by atoms with Crippen molar-refractivity contribution < 1.29 is 28.5 Å². The van der Waals surface area contributed by atoms with Crippen molar-refractivity contribution in [1.29, 1.82) is 0 Å². The van der Waals surface area contributed by atoms with Crippen LogP contribution in [0.25, 0.3) is 0 Å². The summed E-state index contributed by atoms with van der Waals surface area (Å²) in [6, 6.07) is 0. The molecule has 0 spiro atoms. The Kier molecular flexibility index (Phi) is 4.54. The zero-order chi connectivity index (χ0) is 18.5. The molecule has 6 heteroatoms. The average Bonchev–Trinajstić information content (AvgIpc) is 3.05. The summed E-state index contributed by atoms with van der Waals surface area (Å²) in [6.07, 6.45) is 7.18. The molecule has 2 aliphatic carbocycles. The molecule has 2 saturated carbocycles. The van der Waals surface area contributed by atoms with E-state index in [9.17, 15) is 9.59 Å². The molecule has 0 aromatic heterocycles. The number of ether oxygens (including phenoxy) is 4. The maximum atomic E-state index is 12.3. The average molecular weight is 366 g/mol. The largest absolute Gasteiger partial charge is 0.346 e. The number of rotatable bonds is 5. The predicted octanol–water partition coefficient (Wildman–Crippen LogP) is 2.77. The van der Waals surface area contributed by atoms with Crippen molar-refractivity contribution in [2.75, 3.05) is 26.4 Å². The molecule has 4 atom stereocenters. The molecule has 26 heavy (non-hydrogen) atoms. The minimum absolute atomic E-state index is 0.136. The lowest BCUT2D eigenvalue weighted by Crippen LogP contribution is -2.53. The Bertz CT molecular complexity index is 553. The van der Waals surface area contributed by atoms with Gasteiger partial charge >= 0.3 is 0 Å². The number of hydrogen-bond donors (Lipinski definition) is 0. The highest BCUT2D eigenvalue weighted by atomic mass is 16.7. The molecule has 146 valence electrons. The summed E-state index contributed by atoms with van der Waals surface area (Å²) in [5.41, 5.74) is -1.11. The van der Waals surface area contributed by atoms with Crippen LogP contribution in [0.3, 0.4) is 0 Å². The van der Waals surface area contributed by atoms with Gasteiger partial charge in [0.05, 0.1) is 24.0 Å². The monoisotopic (exact) mass is 366 g/mol. The Morgan fingerprint density at radius 3 is 1.54 bits per heavy atom. The summed E-state index contributed by atoms with van der Waals surface area (Å²) < 4.78 is 24.0. The topological polar surface area (TPSA) is 71.1 Å². The minimum Gasteiger partial charge on any atom is -0.346 e. The maximum Gasteiger partial charge on any atom is 0.181 e. The van der Waals surface area contributed by atoms with Crippen molar-refractivity contribution in [2.45, 2.75) is 76.8 Å². The second-order valence-corrected chi connectivity index (χ2v) is 8.70. The molecule has 2 aliphatic heterocycles. The van der Waals surface area contributed by atoms with Gasteiger partial charge in [-0.15, -0.1) is 0 Å². The van der Waals surface area contributed by atoms with Gasteiger partial charge in [-0.25, -0.2) is 0 Å². The third-order valence-corrected chi connectivity index (χ3v) is 7.40. The molecule has 0 aromatic rings. The Morgan fingerprint density at radius 1 is 0.731 bits per heavy atom. The normalized spacial score (nSPS) is 45.6. The van der Waals surface area contributed by atoms with Crippen molar-refractivity contribution in [3.05, 3.63) is 0 Å². The highest BCUT2D eigenvalue weighted by Gasteiger charge is 2.62. The zero-order valence-corrected chi connectivity index (χ0v) is 15.9. The molecular formula is C20H30O6. The Labute approximate surface area is 154 Å². The van der Waals surface area contributed by atoms with E-state index in [2.05, 4.69) is 0 Å². The van der Waals surface area contributed by atoms with E-state index in [0.29, 0.717) is 13.2 Å². The number of carbonyl (C=O) groups is 2. The fourth-order valence-electron chi connectivity index (χ4n) is 5.41. The fourth-order valence-corrected chi connectivity index (χ4v) is 5.41. The van der Waals surface area contributed by atoms with Gasteiger partial charge in [0.1, 0.15) is 13.2 Å². The summed E-state index contributed by atoms with van der Waals surface area (Å²) in [6.45, 7) is 4.88. The van der Waals surface area contributed by atoms with E-state index in [-0.39, 0.29) is 24.8 Å². The highest BCUT2D eigenvalue weighted by Crippen LogP contribution is 2.53. The second kappa shape index (κ2) is 6.36. The Morgan fingerprint density at radius 2 is 1.12 bits per heavy atom. The Balaban J connectivity index is 1.39. The second-order valence-electron chi connectivity index (χ2n) is 8.70. The van der Waals surface area contributed by atoms with Crippen LogP contribution in [0, 0.1) is 10.8 Å². The zero-order valence-electron chi connectivity index (χ0n) is 15.9. The Hall–Kier alpha value is -0.820. The van der Waals surface area contributed by atoms with Crippen LogP contribution in [-0.2, 0) is 28.5 Å². The molecule has 2 heterocycles. The number of ketones is 2. The lowest BCUT2D eigenvalue weighted by molar-refractivity contribution is -0.299. The van der Waals surface area contributed by atoms with Gasteiger partial charge < -0.3 is 18.9 Å². The SMILES string of the molecule is C[C@]12CCCC[C@@]1(OCCO[C@@]13CCCC[C@]1(C)C(=O)CO3)OCC2=O. The standard InChI is InChI=1S/C20H30O6/c1-17-7-3-5-9-19(17,25-13-15(17)21)23-11-12-24-20-10-6-4-8-18(20,2)16(22)14-26-20/h3-14H2,1-2H3/t17-,18-,19-,20-/m1/s1. The molecule has 0 radical (unpaired) electrons. The molecule has 0 bridgehead atoms. The van der Waals surface area contributed by atoms with Crippen LogP contribution in [0.1, 0.15) is 65.2 Å². The molecule has 2 saturated heterocycles. The van der Waals surface area contributed by atoms with Gasteiger partial charge in [-0.3, -0.25) is 9.59 Å². The van der Waals surface area contributed by atoms with Crippen LogP contribution < -0.4 is 0 Å². The molecule has 0 unspecified atom stereocenters. The third-order valence-electron chi connectivity index (χ3n) is 7.40. The van der Waals surface area contributed by atoms with Gasteiger partial charge in [-0.1, -0.05) is 12.8 Å². The summed E-state index contributed by atoms with van der Waals surface area (Å²) in [5, 5.41) is 0. The maximum absolute atomic E-state index is 12.3. The minimum atomic E-state index is -0.814. The first-order valence-corrected chi connectivity index (χ1v) is 10.0. The third kappa shape index (κ3) is 2.45. The van der Waals surface area contributed by atoms with Crippen molar-refractivity contribution >= 4 is 11.6 Å². The fraction of sp³-hybridized carbons (Fsp3) is 0.900. The first kappa shape index (κ1) is 18.5. The van der Waals surface area contributed by atoms with E-state index in [1.807, 2.05) is 13.8 Å². The summed E-state index contributed by atoms with van der Waals surface area (Å²) in [7, 11) is 0. The lowest BCUT2D eigenvalue weighted by Gasteiger charge is -2.45. The van der Waals surface area contributed by atoms with E-state index >= 15 is 0 Å². The molecule has 0 amide bonds. The van der Waals surface area contributed by atoms with Crippen molar-refractivity contribution in [3.63, 3.8) is 0 Å². The first-order chi connectivity index (χ1) is 12.4. The van der Waals surface area contributed by atoms with Crippen LogP contribution in [0.5, 0.6) is 0 Å². The van der Waals surface area contributed by atoms with Crippen LogP contribution in [0.2, 0.25) is 0 Å². The van der Waals surface area contributed by atoms with E-state index < -0.39 is 22.4 Å². The van der Waals surface area contributed by atoms with Crippen LogP contribution in [0.15, 0.2) is 0 Å². The lowest BCUT2D eigenvalue weighted by atomic mass is 9.69. The van der Waals surface area contributed by atoms with Crippen LogP contribution >= 0.6 is 0 Å². The van der Waals surface area contributed by atoms with E-state index in [1.165, 1.54) is 0 Å². The number of carbonyl (C=O) groups excluding carboxylic acids is 2. The van der Waals surface area contributed by atoms with Gasteiger partial charge in [-0.2, -0.15) is 0 Å². The quantitative estimate of drug-likeness (QED) is 0.697. The molecule has 0 N–H and O–H groups in total. The van der Waals surface area contributed by atoms with Gasteiger partial charge in [0.25, 0.3) is 0 Å². The summed E-state index contributed by atoms with van der Waals surface area (Å²) in [4.78, 5) is 24.7. The van der Waals surface area contributed by atoms with Gasteiger partial charge in [0.2, 0.25) is 0 Å². The van der Waals surface area contributed by atoms with Crippen molar-refractivity contribution in [3.8, 4) is 0 Å². The highest BCUT2D eigenvalue weighted by molar-refractivity contribution is 5.89. The first-order valence-electron chi connectivity index (χ1n) is 10.0. The molecule has 4 rings (SSSR count). The van der Waals surface area contributed by atoms with Crippen LogP contribution in [-0.4, -0.2) is 49.6 Å². The molecule has 4 aliphatic rings. The molecule has 0 aromatic carbocycles. The van der Waals surface area contributed by atoms with E-state index in [1.54, 1.807) is 0 Å². The van der Waals surface area contributed by atoms with Gasteiger partial charge in [0, 0.05) is 12.8 Å². The van der Waals surface area contributed by atoms with Crippen molar-refractivity contribution in [1.82, 2.24) is 0 Å². The van der Waals surface area contributed by atoms with Gasteiger partial charge in [-0.05, 0) is 39.5 Å². The summed E-state index contributed by atoms with van der Waals surface area (Å²) in [5.74, 6) is -1.35. The van der Waals surface area contributed by atoms with E-state index in [0.717, 1.165) is 51.4 Å². The summed E-state index contributed by atoms with van der Waals surface area (Å²) >= 11 is 0. The van der Waals surface area contributed by atoms with Crippen molar-refractivity contribution in [2.24, 2.45) is 10.8 Å². The van der Waals surface area contributed by atoms with E-state index in [4.69, 9.17) is 18.9 Å². The predicted molar refractivity (Wildman–Crippen MR) is 92.4 cm³/mol. The number of Topliss-reactive ketones (excluding diaryl/α,β-unsaturated/α-hetero) is 2. The van der Waals surface area contributed by atoms with Gasteiger partial charge in [0.15, 0.2) is 23.1 Å². The number of hydrogen-bond acceptors (Lipinski definition) is 6. The molecule has 4 fully saturated rings. The molecular weight excluding hydrogens is 336 g/mol. The smallest absolute Gasteiger partial charge is 0.181 e. The van der Waals surface area contributed by atoms with Crippen LogP contribution in [0.4, 0.5) is 0 Å². The number of fused-ring (bicyclic) bond motifs is 2. The molecule has 6 nitrogen and oxygen atoms in total.